The van der Waals surface area contributed by atoms with Gasteiger partial charge in [0.05, 0.1) is 12.7 Å². The average Bonchev–Trinajstić information content (AvgIpc) is 2.76. The monoisotopic (exact) mass is 203 g/mol. The fourth-order valence-corrected chi connectivity index (χ4v) is 2.70. The highest BCUT2D eigenvalue weighted by Crippen LogP contribution is 2.33. The molecule has 2 aliphatic rings. The summed E-state index contributed by atoms with van der Waals surface area (Å²) in [6.45, 7) is 5.08. The van der Waals surface area contributed by atoms with Gasteiger partial charge in [0.1, 0.15) is 0 Å². The van der Waals surface area contributed by atoms with E-state index in [1.807, 2.05) is 0 Å². The van der Waals surface area contributed by atoms with Crippen LogP contribution in [0.3, 0.4) is 0 Å². The molecule has 0 saturated carbocycles. The molecule has 0 aromatic heterocycles. The maximum Gasteiger partial charge on any atom is 0.0784 e. The van der Waals surface area contributed by atoms with Gasteiger partial charge in [-0.2, -0.15) is 0 Å². The first-order chi connectivity index (χ1) is 7.38. The zero-order valence-corrected chi connectivity index (χ0v) is 9.12. The second-order valence-corrected chi connectivity index (χ2v) is 4.50. The molecule has 15 heavy (non-hydrogen) atoms. The van der Waals surface area contributed by atoms with Crippen molar-refractivity contribution in [3.05, 3.63) is 34.9 Å². The second kappa shape index (κ2) is 3.62. The summed E-state index contributed by atoms with van der Waals surface area (Å²) in [6, 6.07) is 6.88. The van der Waals surface area contributed by atoms with E-state index >= 15 is 0 Å². The highest BCUT2D eigenvalue weighted by molar-refractivity contribution is 5.37. The van der Waals surface area contributed by atoms with Crippen molar-refractivity contribution in [2.45, 2.75) is 32.0 Å². The van der Waals surface area contributed by atoms with E-state index in [0.29, 0.717) is 12.0 Å². The smallest absolute Gasteiger partial charge is 0.0784 e. The number of aryl methyl sites for hydroxylation is 1. The Morgan fingerprint density at radius 3 is 3.20 bits per heavy atom. The maximum absolute atomic E-state index is 5.87. The van der Waals surface area contributed by atoms with Crippen LogP contribution in [0.4, 0.5) is 0 Å². The summed E-state index contributed by atoms with van der Waals surface area (Å²) < 4.78 is 5.87. The Kier molecular flexibility index (Phi) is 2.26. The summed E-state index contributed by atoms with van der Waals surface area (Å²) in [6.07, 6.45) is 1.52. The highest BCUT2D eigenvalue weighted by atomic mass is 16.5. The number of fused-ring (bicyclic) bond motifs is 3. The molecule has 2 atom stereocenters. The van der Waals surface area contributed by atoms with Crippen LogP contribution < -0.4 is 5.32 Å². The van der Waals surface area contributed by atoms with Crippen molar-refractivity contribution in [3.8, 4) is 0 Å². The van der Waals surface area contributed by atoms with Gasteiger partial charge in [-0.15, -0.1) is 0 Å². The number of rotatable bonds is 1. The van der Waals surface area contributed by atoms with Gasteiger partial charge < -0.3 is 10.1 Å². The molecule has 0 spiro atoms. The summed E-state index contributed by atoms with van der Waals surface area (Å²) in [7, 11) is 0. The van der Waals surface area contributed by atoms with E-state index in [0.717, 1.165) is 26.1 Å². The summed E-state index contributed by atoms with van der Waals surface area (Å²) >= 11 is 0. The SMILES string of the molecule is CCc1ccc2c(c1)COC1CNCC21. The fraction of sp³-hybridized carbons (Fsp3) is 0.538. The van der Waals surface area contributed by atoms with E-state index in [-0.39, 0.29) is 0 Å². The number of hydrogen-bond acceptors (Lipinski definition) is 2. The maximum atomic E-state index is 5.87. The Morgan fingerprint density at radius 1 is 1.40 bits per heavy atom. The molecule has 2 aliphatic heterocycles. The van der Waals surface area contributed by atoms with Gasteiger partial charge in [-0.1, -0.05) is 25.1 Å². The van der Waals surface area contributed by atoms with Gasteiger partial charge in [0.15, 0.2) is 0 Å². The van der Waals surface area contributed by atoms with E-state index < -0.39 is 0 Å². The van der Waals surface area contributed by atoms with E-state index in [9.17, 15) is 0 Å². The first-order valence-corrected chi connectivity index (χ1v) is 5.82. The molecule has 0 amide bonds. The second-order valence-electron chi connectivity index (χ2n) is 4.50. The number of ether oxygens (including phenoxy) is 1. The van der Waals surface area contributed by atoms with E-state index in [1.165, 1.54) is 16.7 Å². The fourth-order valence-electron chi connectivity index (χ4n) is 2.70. The molecule has 2 heteroatoms. The number of hydrogen-bond donors (Lipinski definition) is 1. The van der Waals surface area contributed by atoms with Gasteiger partial charge in [-0.05, 0) is 23.1 Å². The molecular weight excluding hydrogens is 186 g/mol. The molecule has 0 aliphatic carbocycles. The zero-order chi connectivity index (χ0) is 10.3. The lowest BCUT2D eigenvalue weighted by Gasteiger charge is -2.28. The van der Waals surface area contributed by atoms with Gasteiger partial charge in [-0.25, -0.2) is 0 Å². The van der Waals surface area contributed by atoms with Crippen LogP contribution >= 0.6 is 0 Å². The number of benzene rings is 1. The molecule has 1 fully saturated rings. The van der Waals surface area contributed by atoms with Gasteiger partial charge >= 0.3 is 0 Å². The van der Waals surface area contributed by atoms with Crippen molar-refractivity contribution in [2.24, 2.45) is 0 Å². The highest BCUT2D eigenvalue weighted by Gasteiger charge is 2.33. The van der Waals surface area contributed by atoms with Crippen LogP contribution in [0.25, 0.3) is 0 Å². The predicted molar refractivity (Wildman–Crippen MR) is 60.0 cm³/mol. The number of nitrogens with one attached hydrogen (secondary N) is 1. The van der Waals surface area contributed by atoms with E-state index in [1.54, 1.807) is 0 Å². The molecule has 80 valence electrons. The molecule has 2 unspecified atom stereocenters. The summed E-state index contributed by atoms with van der Waals surface area (Å²) in [5, 5.41) is 3.41. The van der Waals surface area contributed by atoms with Crippen LogP contribution in [0.5, 0.6) is 0 Å². The topological polar surface area (TPSA) is 21.3 Å². The minimum absolute atomic E-state index is 0.407. The lowest BCUT2D eigenvalue weighted by Crippen LogP contribution is -2.26. The Labute approximate surface area is 90.6 Å². The molecular formula is C13H17NO. The standard InChI is InChI=1S/C13H17NO/c1-2-9-3-4-11-10(5-9)8-15-13-7-14-6-12(11)13/h3-5,12-14H,2,6-8H2,1H3. The molecule has 1 saturated heterocycles. The van der Waals surface area contributed by atoms with Gasteiger partial charge in [-0.3, -0.25) is 0 Å². The Bertz CT molecular complexity index is 375. The Hall–Kier alpha value is -0.860. The predicted octanol–water partition coefficient (Wildman–Crippen LogP) is 1.83. The molecule has 0 radical (unpaired) electrons. The van der Waals surface area contributed by atoms with Crippen molar-refractivity contribution >= 4 is 0 Å². The Balaban J connectivity index is 2.00. The molecule has 1 N–H and O–H groups in total. The van der Waals surface area contributed by atoms with Crippen LogP contribution in [-0.4, -0.2) is 19.2 Å². The van der Waals surface area contributed by atoms with Crippen LogP contribution in [0.15, 0.2) is 18.2 Å². The van der Waals surface area contributed by atoms with Crippen LogP contribution in [0.2, 0.25) is 0 Å². The van der Waals surface area contributed by atoms with Gasteiger partial charge in [0, 0.05) is 19.0 Å². The first kappa shape index (κ1) is 9.37. The average molecular weight is 203 g/mol. The Morgan fingerprint density at radius 2 is 2.33 bits per heavy atom. The van der Waals surface area contributed by atoms with Gasteiger partial charge in [0.25, 0.3) is 0 Å². The molecule has 1 aromatic carbocycles. The zero-order valence-electron chi connectivity index (χ0n) is 9.12. The van der Waals surface area contributed by atoms with Crippen LogP contribution in [0, 0.1) is 0 Å². The van der Waals surface area contributed by atoms with Crippen molar-refractivity contribution in [3.63, 3.8) is 0 Å². The molecule has 3 rings (SSSR count). The minimum atomic E-state index is 0.407. The van der Waals surface area contributed by atoms with Crippen molar-refractivity contribution in [2.75, 3.05) is 13.1 Å². The summed E-state index contributed by atoms with van der Waals surface area (Å²) in [5.41, 5.74) is 4.33. The molecule has 1 aromatic rings. The third-order valence-electron chi connectivity index (χ3n) is 3.63. The summed E-state index contributed by atoms with van der Waals surface area (Å²) in [4.78, 5) is 0. The summed E-state index contributed by atoms with van der Waals surface area (Å²) in [5.74, 6) is 0.583. The first-order valence-electron chi connectivity index (χ1n) is 5.82. The molecule has 2 heterocycles. The van der Waals surface area contributed by atoms with E-state index in [4.69, 9.17) is 4.74 Å². The third kappa shape index (κ3) is 1.48. The quantitative estimate of drug-likeness (QED) is 0.752. The van der Waals surface area contributed by atoms with Crippen LogP contribution in [0.1, 0.15) is 29.5 Å². The lowest BCUT2D eigenvalue weighted by molar-refractivity contribution is 0.0299. The van der Waals surface area contributed by atoms with Crippen molar-refractivity contribution < 1.29 is 4.74 Å². The largest absolute Gasteiger partial charge is 0.372 e. The van der Waals surface area contributed by atoms with E-state index in [2.05, 4.69) is 30.4 Å². The van der Waals surface area contributed by atoms with Crippen molar-refractivity contribution in [1.29, 1.82) is 0 Å². The van der Waals surface area contributed by atoms with Crippen LogP contribution in [-0.2, 0) is 17.8 Å². The third-order valence-corrected chi connectivity index (χ3v) is 3.63. The normalized spacial score (nSPS) is 28.6. The molecule has 2 nitrogen and oxygen atoms in total. The minimum Gasteiger partial charge on any atom is -0.372 e. The van der Waals surface area contributed by atoms with Crippen molar-refractivity contribution in [1.82, 2.24) is 5.32 Å². The molecule has 0 bridgehead atoms. The lowest BCUT2D eigenvalue weighted by atomic mass is 9.88. The van der Waals surface area contributed by atoms with Gasteiger partial charge in [0.2, 0.25) is 0 Å².